The fourth-order valence-corrected chi connectivity index (χ4v) is 8.60. The zero-order chi connectivity index (χ0) is 39.7. The van der Waals surface area contributed by atoms with E-state index in [4.69, 9.17) is 32.7 Å². The molecule has 0 amide bonds. The summed E-state index contributed by atoms with van der Waals surface area (Å²) in [5, 5.41) is 1.43. The van der Waals surface area contributed by atoms with E-state index in [1.54, 1.807) is 0 Å². The third-order valence-electron chi connectivity index (χ3n) is 11.8. The van der Waals surface area contributed by atoms with Crippen LogP contribution in [0.3, 0.4) is 0 Å². The van der Waals surface area contributed by atoms with E-state index in [0.717, 1.165) is 118 Å². The van der Waals surface area contributed by atoms with E-state index in [2.05, 4.69) is 91.5 Å². The highest BCUT2D eigenvalue weighted by Gasteiger charge is 2.27. The van der Waals surface area contributed by atoms with Gasteiger partial charge >= 0.3 is 0 Å². The molecule has 4 aliphatic rings. The second-order valence-corrected chi connectivity index (χ2v) is 17.2. The number of nitrogens with zero attached hydrogens (tertiary/aromatic N) is 8. The smallest absolute Gasteiger partial charge is 0.225 e. The number of ether oxygens (including phenoxy) is 2. The number of hydrogen-bond acceptors (Lipinski definition) is 10. The standard InChI is InChI=1S/C23H31ClN4O.C22H29ClN4O.2CH4/c1-3-17-12-25-23(26-13-17)28-9-7-20(8-10-28)29-22-6-5-19(11-21(22)24)16-27-14-18(4-2)15-27;1-3-17-11-24-22(25-12-17)27-8-6-19(7-9-27)28-21-5-4-18(10-20(21)23)15-26-13-16(2)14-26;;/h5-6,11-13,18,20H,3-4,7-10,14-16H2,1-2H3;4-5,10-12,16,19H,3,6-9,13-15H2,1-2H3;2*1H4. The number of benzene rings is 2. The Kier molecular flexibility index (Phi) is 17.5. The van der Waals surface area contributed by atoms with Crippen molar-refractivity contribution in [1.82, 2.24) is 29.7 Å². The van der Waals surface area contributed by atoms with Gasteiger partial charge in [-0.05, 0) is 71.2 Å². The number of piperidine rings is 2. The van der Waals surface area contributed by atoms with Gasteiger partial charge in [0.05, 0.1) is 10.0 Å². The van der Waals surface area contributed by atoms with E-state index < -0.39 is 0 Å². The van der Waals surface area contributed by atoms with Gasteiger partial charge in [0.1, 0.15) is 23.7 Å². The van der Waals surface area contributed by atoms with Crippen LogP contribution in [0.4, 0.5) is 11.9 Å². The Morgan fingerprint density at radius 1 is 0.576 bits per heavy atom. The molecule has 4 aromatic rings. The van der Waals surface area contributed by atoms with E-state index in [-0.39, 0.29) is 27.1 Å². The molecule has 6 heterocycles. The van der Waals surface area contributed by atoms with Crippen molar-refractivity contribution in [2.24, 2.45) is 11.8 Å². The van der Waals surface area contributed by atoms with Crippen LogP contribution in [0, 0.1) is 11.8 Å². The van der Waals surface area contributed by atoms with E-state index in [1.165, 1.54) is 54.9 Å². The molecule has 59 heavy (non-hydrogen) atoms. The van der Waals surface area contributed by atoms with Gasteiger partial charge in [-0.25, -0.2) is 19.9 Å². The van der Waals surface area contributed by atoms with Crippen molar-refractivity contribution in [2.45, 2.75) is 113 Å². The highest BCUT2D eigenvalue weighted by Crippen LogP contribution is 2.32. The first-order chi connectivity index (χ1) is 27.7. The number of hydrogen-bond donors (Lipinski definition) is 0. The summed E-state index contributed by atoms with van der Waals surface area (Å²) in [7, 11) is 0. The van der Waals surface area contributed by atoms with Crippen molar-refractivity contribution in [1.29, 1.82) is 0 Å². The average molecular weight is 848 g/mol. The first kappa shape index (κ1) is 46.4. The van der Waals surface area contributed by atoms with Gasteiger partial charge in [0.25, 0.3) is 0 Å². The predicted molar refractivity (Wildman–Crippen MR) is 244 cm³/mol. The molecule has 4 saturated heterocycles. The second-order valence-electron chi connectivity index (χ2n) is 16.4. The molecule has 12 heteroatoms. The Labute approximate surface area is 364 Å². The monoisotopic (exact) mass is 846 g/mol. The number of aromatic nitrogens is 4. The van der Waals surface area contributed by atoms with E-state index in [0.29, 0.717) is 5.02 Å². The Morgan fingerprint density at radius 3 is 1.31 bits per heavy atom. The van der Waals surface area contributed by atoms with E-state index in [9.17, 15) is 0 Å². The van der Waals surface area contributed by atoms with Crippen molar-refractivity contribution in [3.05, 3.63) is 93.5 Å². The van der Waals surface area contributed by atoms with Crippen LogP contribution in [0.15, 0.2) is 61.2 Å². The summed E-state index contributed by atoms with van der Waals surface area (Å²) in [5.41, 5.74) is 4.86. The number of halogens is 2. The Hall–Kier alpha value is -3.70. The summed E-state index contributed by atoms with van der Waals surface area (Å²) in [5.74, 6) is 4.92. The minimum absolute atomic E-state index is 0. The maximum absolute atomic E-state index is 6.53. The van der Waals surface area contributed by atoms with Gasteiger partial charge in [-0.15, -0.1) is 0 Å². The molecule has 4 aliphatic heterocycles. The fraction of sp³-hybridized carbons (Fsp3) is 0.574. The van der Waals surface area contributed by atoms with Crippen molar-refractivity contribution < 1.29 is 9.47 Å². The molecule has 10 nitrogen and oxygen atoms in total. The molecule has 2 aromatic heterocycles. The second kappa shape index (κ2) is 22.2. The maximum Gasteiger partial charge on any atom is 0.225 e. The summed E-state index contributed by atoms with van der Waals surface area (Å²) in [6.45, 7) is 19.1. The molecular weight excluding hydrogens is 779 g/mol. The van der Waals surface area contributed by atoms with E-state index in [1.807, 2.05) is 36.9 Å². The van der Waals surface area contributed by atoms with Crippen LogP contribution in [-0.4, -0.2) is 94.3 Å². The van der Waals surface area contributed by atoms with Crippen LogP contribution in [0.25, 0.3) is 0 Å². The highest BCUT2D eigenvalue weighted by molar-refractivity contribution is 6.32. The normalized spacial score (nSPS) is 18.1. The molecule has 0 unspecified atom stereocenters. The lowest BCUT2D eigenvalue weighted by Gasteiger charge is -2.39. The largest absolute Gasteiger partial charge is 0.489 e. The molecule has 0 N–H and O–H groups in total. The van der Waals surface area contributed by atoms with Crippen LogP contribution in [-0.2, 0) is 25.9 Å². The van der Waals surface area contributed by atoms with Crippen molar-refractivity contribution in [2.75, 3.05) is 62.2 Å². The molecule has 0 atom stereocenters. The van der Waals surface area contributed by atoms with Gasteiger partial charge in [-0.3, -0.25) is 9.80 Å². The lowest BCUT2D eigenvalue weighted by atomic mass is 9.97. The maximum atomic E-state index is 6.53. The summed E-state index contributed by atoms with van der Waals surface area (Å²) in [6.07, 6.45) is 15.1. The average Bonchev–Trinajstić information content (AvgIpc) is 3.21. The third-order valence-corrected chi connectivity index (χ3v) is 12.4. The molecule has 322 valence electrons. The van der Waals surface area contributed by atoms with Gasteiger partial charge in [0, 0.05) is 116 Å². The zero-order valence-corrected chi connectivity index (χ0v) is 35.8. The highest BCUT2D eigenvalue weighted by atomic mass is 35.5. The van der Waals surface area contributed by atoms with Crippen LogP contribution >= 0.6 is 23.2 Å². The number of rotatable bonds is 13. The lowest BCUT2D eigenvalue weighted by molar-refractivity contribution is 0.0898. The Morgan fingerprint density at radius 2 is 0.966 bits per heavy atom. The van der Waals surface area contributed by atoms with Gasteiger partial charge in [-0.2, -0.15) is 0 Å². The molecule has 0 saturated carbocycles. The third kappa shape index (κ3) is 12.7. The Bertz CT molecular complexity index is 1860. The minimum atomic E-state index is 0. The van der Waals surface area contributed by atoms with Crippen molar-refractivity contribution in [3.63, 3.8) is 0 Å². The SMILES string of the molecule is C.C.CCc1cnc(N2CCC(Oc3ccc(CN4CC(C)C4)cc3Cl)CC2)nc1.CCc1cnc(N2CCC(Oc3ccc(CN4CC(CC)C4)cc3Cl)CC2)nc1. The molecule has 0 bridgehead atoms. The van der Waals surface area contributed by atoms with Gasteiger partial charge in [0.15, 0.2) is 0 Å². The quantitative estimate of drug-likeness (QED) is 0.130. The predicted octanol–water partition coefficient (Wildman–Crippen LogP) is 10.0. The summed E-state index contributed by atoms with van der Waals surface area (Å²) in [4.78, 5) is 27.4. The first-order valence-corrected chi connectivity index (χ1v) is 22.0. The number of aryl methyl sites for hydroxylation is 2. The topological polar surface area (TPSA) is 83.0 Å². The van der Waals surface area contributed by atoms with Crippen LogP contribution < -0.4 is 19.3 Å². The fourth-order valence-electron chi connectivity index (χ4n) is 8.11. The Balaban J connectivity index is 0.000000217. The van der Waals surface area contributed by atoms with E-state index >= 15 is 0 Å². The lowest BCUT2D eigenvalue weighted by Crippen LogP contribution is -2.45. The minimum Gasteiger partial charge on any atom is -0.489 e. The molecule has 0 aliphatic carbocycles. The molecule has 0 radical (unpaired) electrons. The van der Waals surface area contributed by atoms with Gasteiger partial charge < -0.3 is 19.3 Å². The molecular formula is C47H68Cl2N8O2. The van der Waals surface area contributed by atoms with Gasteiger partial charge in [0.2, 0.25) is 11.9 Å². The molecule has 0 spiro atoms. The number of anilines is 2. The van der Waals surface area contributed by atoms with Crippen molar-refractivity contribution in [3.8, 4) is 11.5 Å². The van der Waals surface area contributed by atoms with Gasteiger partial charge in [-0.1, -0.05) is 84.3 Å². The molecule has 2 aromatic carbocycles. The summed E-state index contributed by atoms with van der Waals surface area (Å²) < 4.78 is 12.4. The number of likely N-dealkylation sites (tertiary alicyclic amines) is 2. The van der Waals surface area contributed by atoms with Crippen molar-refractivity contribution >= 4 is 35.1 Å². The first-order valence-electron chi connectivity index (χ1n) is 21.2. The van der Waals surface area contributed by atoms with Crippen LogP contribution in [0.2, 0.25) is 10.0 Å². The zero-order valence-electron chi connectivity index (χ0n) is 34.3. The molecule has 8 rings (SSSR count). The summed E-state index contributed by atoms with van der Waals surface area (Å²) in [6, 6.07) is 12.5. The summed E-state index contributed by atoms with van der Waals surface area (Å²) >= 11 is 13.0. The van der Waals surface area contributed by atoms with Crippen LogP contribution in [0.5, 0.6) is 11.5 Å². The van der Waals surface area contributed by atoms with Crippen LogP contribution in [0.1, 0.15) is 96.9 Å². The molecule has 4 fully saturated rings.